The monoisotopic (exact) mass is 648 g/mol. The molecule has 0 amide bonds. The fraction of sp³-hybridized carbons (Fsp3) is 0.379. The van der Waals surface area contributed by atoms with Crippen LogP contribution in [0, 0.1) is 0 Å². The Balaban J connectivity index is 2.88. The standard InChI is InChI=1S/C29H32Cl4O8/c1-13(2)27(36)40-25-19(30)9-17(23(21(25)32)38-11-15(5)34)29(7,8)18-10-20(31)26(41-28(37)14(3)4)22(33)24(18)39-12-16(6)35/h9-10,15-16,34-35H,1,3,11-12H2,2,4-8H3. The summed E-state index contributed by atoms with van der Waals surface area (Å²) in [5.74, 6) is -1.73. The van der Waals surface area contributed by atoms with Crippen LogP contribution in [-0.4, -0.2) is 47.6 Å². The zero-order valence-electron chi connectivity index (χ0n) is 23.5. The van der Waals surface area contributed by atoms with E-state index in [1.807, 2.05) is 0 Å². The Labute approximate surface area is 259 Å². The quantitative estimate of drug-likeness (QED) is 0.142. The minimum absolute atomic E-state index is 0.0206. The number of halogens is 4. The van der Waals surface area contributed by atoms with E-state index in [4.69, 9.17) is 65.4 Å². The van der Waals surface area contributed by atoms with Crippen molar-refractivity contribution in [3.8, 4) is 23.0 Å². The van der Waals surface area contributed by atoms with Crippen molar-refractivity contribution in [2.45, 2.75) is 59.2 Å². The summed E-state index contributed by atoms with van der Waals surface area (Å²) in [5.41, 5.74) is -0.127. The summed E-state index contributed by atoms with van der Waals surface area (Å²) in [6, 6.07) is 2.97. The van der Waals surface area contributed by atoms with Crippen LogP contribution in [0.3, 0.4) is 0 Å². The third-order valence-corrected chi connectivity index (χ3v) is 6.88. The smallest absolute Gasteiger partial charge is 0.338 e. The molecule has 2 atom stereocenters. The Bertz CT molecular complexity index is 1260. The van der Waals surface area contributed by atoms with Crippen LogP contribution in [0.4, 0.5) is 0 Å². The van der Waals surface area contributed by atoms with Gasteiger partial charge < -0.3 is 29.2 Å². The van der Waals surface area contributed by atoms with Gasteiger partial charge in [0.2, 0.25) is 0 Å². The molecule has 41 heavy (non-hydrogen) atoms. The zero-order chi connectivity index (χ0) is 31.4. The first kappa shape index (κ1) is 34.7. The van der Waals surface area contributed by atoms with Gasteiger partial charge in [-0.15, -0.1) is 0 Å². The van der Waals surface area contributed by atoms with Crippen molar-refractivity contribution in [3.63, 3.8) is 0 Å². The van der Waals surface area contributed by atoms with Crippen molar-refractivity contribution < 1.29 is 38.7 Å². The Hall–Kier alpha value is -2.46. The molecule has 0 aliphatic heterocycles. The summed E-state index contributed by atoms with van der Waals surface area (Å²) in [5, 5.41) is 19.5. The highest BCUT2D eigenvalue weighted by atomic mass is 35.5. The van der Waals surface area contributed by atoms with Gasteiger partial charge in [0.15, 0.2) is 11.5 Å². The minimum atomic E-state index is -1.11. The number of carbonyl (C=O) groups excluding carboxylic acids is 2. The molecule has 2 aromatic rings. The van der Waals surface area contributed by atoms with E-state index in [0.29, 0.717) is 11.1 Å². The fourth-order valence-electron chi connectivity index (χ4n) is 3.48. The first-order valence-corrected chi connectivity index (χ1v) is 13.8. The van der Waals surface area contributed by atoms with Crippen molar-refractivity contribution >= 4 is 58.3 Å². The highest BCUT2D eigenvalue weighted by molar-refractivity contribution is 6.39. The van der Waals surface area contributed by atoms with Gasteiger partial charge in [-0.1, -0.05) is 73.4 Å². The van der Waals surface area contributed by atoms with E-state index >= 15 is 0 Å². The van der Waals surface area contributed by atoms with Gasteiger partial charge in [0.1, 0.15) is 34.8 Å². The first-order valence-electron chi connectivity index (χ1n) is 12.3. The molecule has 8 nitrogen and oxygen atoms in total. The van der Waals surface area contributed by atoms with Crippen LogP contribution in [-0.2, 0) is 15.0 Å². The van der Waals surface area contributed by atoms with Gasteiger partial charge in [-0.05, 0) is 39.8 Å². The molecule has 2 rings (SSSR count). The predicted octanol–water partition coefficient (Wildman–Crippen LogP) is 7.11. The molecule has 224 valence electrons. The number of benzene rings is 2. The molecular formula is C29H32Cl4O8. The summed E-state index contributed by atoms with van der Waals surface area (Å²) < 4.78 is 22.5. The molecule has 0 saturated heterocycles. The number of hydrogen-bond acceptors (Lipinski definition) is 8. The SMILES string of the molecule is C=C(C)C(=O)Oc1c(Cl)cc(C(C)(C)c2cc(Cl)c(OC(=O)C(=C)C)c(Cl)c2OCC(C)O)c(OCC(C)O)c1Cl. The summed E-state index contributed by atoms with van der Waals surface area (Å²) in [6.07, 6.45) is -1.76. The molecule has 0 aromatic heterocycles. The van der Waals surface area contributed by atoms with E-state index in [9.17, 15) is 19.8 Å². The maximum Gasteiger partial charge on any atom is 0.338 e. The topological polar surface area (TPSA) is 112 Å². The van der Waals surface area contributed by atoms with Gasteiger partial charge in [-0.3, -0.25) is 0 Å². The largest absolute Gasteiger partial charge is 0.489 e. The van der Waals surface area contributed by atoms with E-state index in [2.05, 4.69) is 13.2 Å². The van der Waals surface area contributed by atoms with Crippen molar-refractivity contribution in [2.75, 3.05) is 13.2 Å². The molecule has 12 heteroatoms. The lowest BCUT2D eigenvalue weighted by atomic mass is 9.77. The maximum absolute atomic E-state index is 12.3. The van der Waals surface area contributed by atoms with Crippen LogP contribution < -0.4 is 18.9 Å². The second kappa shape index (κ2) is 14.1. The van der Waals surface area contributed by atoms with Crippen LogP contribution in [0.2, 0.25) is 20.1 Å². The number of aliphatic hydroxyl groups excluding tert-OH is 2. The fourth-order valence-corrected chi connectivity index (χ4v) is 4.65. The van der Waals surface area contributed by atoms with Crippen LogP contribution in [0.5, 0.6) is 23.0 Å². The van der Waals surface area contributed by atoms with Crippen molar-refractivity contribution in [2.24, 2.45) is 0 Å². The Kier molecular flexibility index (Phi) is 12.0. The third kappa shape index (κ3) is 8.31. The van der Waals surface area contributed by atoms with Gasteiger partial charge in [0.05, 0.1) is 22.3 Å². The van der Waals surface area contributed by atoms with Crippen LogP contribution in [0.25, 0.3) is 0 Å². The number of esters is 2. The highest BCUT2D eigenvalue weighted by Crippen LogP contribution is 2.53. The molecule has 0 radical (unpaired) electrons. The van der Waals surface area contributed by atoms with E-state index < -0.39 is 29.6 Å². The van der Waals surface area contributed by atoms with Crippen molar-refractivity contribution in [1.29, 1.82) is 0 Å². The van der Waals surface area contributed by atoms with E-state index in [1.165, 1.54) is 39.8 Å². The number of carbonyl (C=O) groups is 2. The molecule has 0 saturated carbocycles. The number of rotatable bonds is 12. The summed E-state index contributed by atoms with van der Waals surface area (Å²) in [6.45, 7) is 16.3. The molecule has 0 aliphatic rings. The number of hydrogen-bond donors (Lipinski definition) is 2. The van der Waals surface area contributed by atoms with Crippen molar-refractivity contribution in [1.82, 2.24) is 0 Å². The average Bonchev–Trinajstić information content (AvgIpc) is 2.86. The molecule has 2 unspecified atom stereocenters. The molecule has 0 bridgehead atoms. The van der Waals surface area contributed by atoms with E-state index in [-0.39, 0.29) is 67.4 Å². The Morgan fingerprint density at radius 3 is 1.34 bits per heavy atom. The second-order valence-corrected chi connectivity index (χ2v) is 11.6. The maximum atomic E-state index is 12.3. The number of ether oxygens (including phenoxy) is 4. The van der Waals surface area contributed by atoms with E-state index in [0.717, 1.165) is 0 Å². The van der Waals surface area contributed by atoms with E-state index in [1.54, 1.807) is 13.8 Å². The molecule has 0 aliphatic carbocycles. The number of aliphatic hydroxyl groups is 2. The van der Waals surface area contributed by atoms with Crippen LogP contribution in [0.1, 0.15) is 52.7 Å². The third-order valence-electron chi connectivity index (χ3n) is 5.63. The van der Waals surface area contributed by atoms with Crippen LogP contribution in [0.15, 0.2) is 36.4 Å². The molecule has 0 spiro atoms. The average molecular weight is 650 g/mol. The predicted molar refractivity (Wildman–Crippen MR) is 160 cm³/mol. The lowest BCUT2D eigenvalue weighted by Gasteiger charge is -2.32. The molecular weight excluding hydrogens is 618 g/mol. The summed E-state index contributed by atoms with van der Waals surface area (Å²) >= 11 is 26.5. The highest BCUT2D eigenvalue weighted by Gasteiger charge is 2.36. The van der Waals surface area contributed by atoms with Gasteiger partial charge in [-0.2, -0.15) is 0 Å². The van der Waals surface area contributed by atoms with Crippen molar-refractivity contribution in [3.05, 3.63) is 67.7 Å². The minimum Gasteiger partial charge on any atom is -0.489 e. The molecule has 0 fully saturated rings. The second-order valence-electron chi connectivity index (χ2n) is 10.0. The van der Waals surface area contributed by atoms with Gasteiger partial charge in [-0.25, -0.2) is 9.59 Å². The molecule has 2 N–H and O–H groups in total. The molecule has 0 heterocycles. The molecule has 2 aromatic carbocycles. The Morgan fingerprint density at radius 2 is 1.07 bits per heavy atom. The zero-order valence-corrected chi connectivity index (χ0v) is 26.5. The lowest BCUT2D eigenvalue weighted by molar-refractivity contribution is -0.130. The van der Waals surface area contributed by atoms with Gasteiger partial charge >= 0.3 is 11.9 Å². The lowest BCUT2D eigenvalue weighted by Crippen LogP contribution is -2.25. The normalized spacial score (nSPS) is 12.8. The van der Waals surface area contributed by atoms with Gasteiger partial charge in [0, 0.05) is 27.7 Å². The summed E-state index contributed by atoms with van der Waals surface area (Å²) in [4.78, 5) is 24.5. The Morgan fingerprint density at radius 1 is 0.756 bits per heavy atom. The first-order chi connectivity index (χ1) is 18.9. The van der Waals surface area contributed by atoms with Crippen LogP contribution >= 0.6 is 46.4 Å². The van der Waals surface area contributed by atoms with Gasteiger partial charge in [0.25, 0.3) is 0 Å². The summed E-state index contributed by atoms with van der Waals surface area (Å²) in [7, 11) is 0.